The molecule has 1 fully saturated rings. The molecular weight excluding hydrogens is 444 g/mol. The van der Waals surface area contributed by atoms with Gasteiger partial charge in [0.25, 0.3) is 0 Å². The van der Waals surface area contributed by atoms with Crippen LogP contribution in [0.5, 0.6) is 11.5 Å². The van der Waals surface area contributed by atoms with Crippen LogP contribution in [0, 0.1) is 0 Å². The number of likely N-dealkylation sites (tertiary alicyclic amines) is 1. The lowest BCUT2D eigenvalue weighted by molar-refractivity contribution is -0.111. The van der Waals surface area contributed by atoms with Crippen LogP contribution in [0.2, 0.25) is 0 Å². The van der Waals surface area contributed by atoms with Crippen molar-refractivity contribution in [3.63, 3.8) is 0 Å². The molecule has 35 heavy (non-hydrogen) atoms. The summed E-state index contributed by atoms with van der Waals surface area (Å²) in [6.45, 7) is 6.64. The van der Waals surface area contributed by atoms with E-state index in [1.807, 2.05) is 75.4 Å². The van der Waals surface area contributed by atoms with Crippen molar-refractivity contribution >= 4 is 23.4 Å². The SMILES string of the molecule is CC(C)(C)OC(=O)N1CCC(Nc2ncnc(N)c2C(=[NH2+])c2ccc(Oc3ccccc3)cc2)C1. The van der Waals surface area contributed by atoms with Crippen LogP contribution in [0.15, 0.2) is 60.9 Å². The van der Waals surface area contributed by atoms with Crippen LogP contribution < -0.4 is 21.2 Å². The number of hydrogen-bond donors (Lipinski definition) is 3. The highest BCUT2D eigenvalue weighted by molar-refractivity contribution is 6.14. The van der Waals surface area contributed by atoms with Gasteiger partial charge in [-0.05, 0) is 63.6 Å². The summed E-state index contributed by atoms with van der Waals surface area (Å²) in [5.74, 6) is 2.24. The maximum atomic E-state index is 12.4. The van der Waals surface area contributed by atoms with Crippen molar-refractivity contribution in [3.05, 3.63) is 72.1 Å². The van der Waals surface area contributed by atoms with E-state index in [1.54, 1.807) is 4.90 Å². The Morgan fingerprint density at radius 3 is 2.46 bits per heavy atom. The summed E-state index contributed by atoms with van der Waals surface area (Å²) in [7, 11) is 0. The van der Waals surface area contributed by atoms with E-state index in [-0.39, 0.29) is 18.0 Å². The van der Waals surface area contributed by atoms with Gasteiger partial charge < -0.3 is 25.4 Å². The van der Waals surface area contributed by atoms with E-state index in [0.29, 0.717) is 35.9 Å². The van der Waals surface area contributed by atoms with Crippen LogP contribution in [0.4, 0.5) is 16.4 Å². The number of carbonyl (C=O) groups is 1. The molecule has 0 radical (unpaired) electrons. The molecule has 0 spiro atoms. The molecule has 0 aliphatic carbocycles. The molecule has 1 atom stereocenters. The van der Waals surface area contributed by atoms with Crippen molar-refractivity contribution in [1.29, 1.82) is 0 Å². The van der Waals surface area contributed by atoms with Crippen molar-refractivity contribution in [2.75, 3.05) is 24.1 Å². The van der Waals surface area contributed by atoms with Crippen molar-refractivity contribution in [1.82, 2.24) is 14.9 Å². The van der Waals surface area contributed by atoms with E-state index in [0.717, 1.165) is 17.7 Å². The number of benzene rings is 2. The third kappa shape index (κ3) is 6.06. The predicted molar refractivity (Wildman–Crippen MR) is 134 cm³/mol. The number of rotatable bonds is 6. The van der Waals surface area contributed by atoms with Gasteiger partial charge in [0.2, 0.25) is 5.71 Å². The first kappa shape index (κ1) is 24.0. The molecule has 1 aliphatic heterocycles. The maximum Gasteiger partial charge on any atom is 0.410 e. The fourth-order valence-corrected chi connectivity index (χ4v) is 3.81. The van der Waals surface area contributed by atoms with Gasteiger partial charge in [-0.15, -0.1) is 0 Å². The lowest BCUT2D eigenvalue weighted by Crippen LogP contribution is -2.42. The van der Waals surface area contributed by atoms with E-state index in [4.69, 9.17) is 20.6 Å². The first-order chi connectivity index (χ1) is 16.7. The Bertz CT molecular complexity index is 1190. The number of aromatic nitrogens is 2. The van der Waals surface area contributed by atoms with Crippen molar-refractivity contribution in [2.24, 2.45) is 0 Å². The number of hydrogen-bond acceptors (Lipinski definition) is 7. The molecule has 1 unspecified atom stereocenters. The van der Waals surface area contributed by atoms with Gasteiger partial charge in [-0.3, -0.25) is 5.41 Å². The second kappa shape index (κ2) is 10.0. The molecule has 9 nitrogen and oxygen atoms in total. The number of nitrogen functional groups attached to an aromatic ring is 1. The molecule has 1 aliphatic rings. The zero-order chi connectivity index (χ0) is 25.0. The highest BCUT2D eigenvalue weighted by Crippen LogP contribution is 2.26. The number of anilines is 2. The molecule has 0 bridgehead atoms. The number of carbonyl (C=O) groups excluding carboxylic acids is 1. The smallest absolute Gasteiger partial charge is 0.410 e. The van der Waals surface area contributed by atoms with Gasteiger partial charge in [0.05, 0.1) is 0 Å². The highest BCUT2D eigenvalue weighted by Gasteiger charge is 2.31. The minimum absolute atomic E-state index is 0.0231. The summed E-state index contributed by atoms with van der Waals surface area (Å²) in [6.07, 6.45) is 1.81. The largest absolute Gasteiger partial charge is 0.457 e. The molecule has 2 aromatic carbocycles. The average Bonchev–Trinajstić information content (AvgIpc) is 3.28. The first-order valence-corrected chi connectivity index (χ1v) is 11.5. The molecule has 0 saturated carbocycles. The number of nitrogens with one attached hydrogen (secondary N) is 1. The molecule has 5 N–H and O–H groups in total. The second-order valence-electron chi connectivity index (χ2n) is 9.39. The van der Waals surface area contributed by atoms with Crippen molar-refractivity contribution < 1.29 is 19.7 Å². The Morgan fingerprint density at radius 2 is 1.77 bits per heavy atom. The van der Waals surface area contributed by atoms with Gasteiger partial charge >= 0.3 is 6.09 Å². The Balaban J connectivity index is 1.46. The van der Waals surface area contributed by atoms with Gasteiger partial charge in [-0.2, -0.15) is 0 Å². The molecule has 1 amide bonds. The molecule has 182 valence electrons. The minimum atomic E-state index is -0.540. The standard InChI is InChI=1S/C26H30N6O3/c1-26(2,3)35-25(33)32-14-13-18(15-32)31-24-21(23(28)29-16-30-24)22(27)17-9-11-20(12-10-17)34-19-7-5-4-6-8-19/h4-12,16,18,27H,13-15H2,1-3H3,(H3,28,29,30,31)/p+1. The van der Waals surface area contributed by atoms with Crippen molar-refractivity contribution in [3.8, 4) is 11.5 Å². The fraction of sp³-hybridized carbons (Fsp3) is 0.308. The summed E-state index contributed by atoms with van der Waals surface area (Å²) < 4.78 is 11.3. The average molecular weight is 476 g/mol. The number of ether oxygens (including phenoxy) is 2. The zero-order valence-corrected chi connectivity index (χ0v) is 20.2. The van der Waals surface area contributed by atoms with E-state index in [1.165, 1.54) is 6.33 Å². The molecular formula is C26H31N6O3+. The molecule has 1 saturated heterocycles. The van der Waals surface area contributed by atoms with Gasteiger partial charge in [0, 0.05) is 24.7 Å². The third-order valence-corrected chi connectivity index (χ3v) is 5.47. The fourth-order valence-electron chi connectivity index (χ4n) is 3.81. The monoisotopic (exact) mass is 475 g/mol. The number of amides is 1. The third-order valence-electron chi connectivity index (χ3n) is 5.47. The van der Waals surface area contributed by atoms with Crippen LogP contribution in [-0.4, -0.2) is 51.4 Å². The molecule has 2 heterocycles. The number of nitrogens with zero attached hydrogens (tertiary/aromatic N) is 3. The summed E-state index contributed by atoms with van der Waals surface area (Å²) in [5.41, 5.74) is 7.40. The van der Waals surface area contributed by atoms with E-state index < -0.39 is 5.60 Å². The van der Waals surface area contributed by atoms with Crippen LogP contribution in [-0.2, 0) is 4.74 Å². The molecule has 9 heteroatoms. The predicted octanol–water partition coefficient (Wildman–Crippen LogP) is 2.87. The van der Waals surface area contributed by atoms with Crippen LogP contribution in [0.1, 0.15) is 38.3 Å². The van der Waals surface area contributed by atoms with Crippen LogP contribution >= 0.6 is 0 Å². The van der Waals surface area contributed by atoms with Gasteiger partial charge in [-0.25, -0.2) is 14.8 Å². The highest BCUT2D eigenvalue weighted by atomic mass is 16.6. The zero-order valence-electron chi connectivity index (χ0n) is 20.2. The van der Waals surface area contributed by atoms with E-state index in [2.05, 4.69) is 15.3 Å². The Kier molecular flexibility index (Phi) is 6.86. The quantitative estimate of drug-likeness (QED) is 0.468. The van der Waals surface area contributed by atoms with Crippen LogP contribution in [0.3, 0.4) is 0 Å². The number of nitrogens with two attached hydrogens (primary N) is 2. The molecule has 3 aromatic rings. The lowest BCUT2D eigenvalue weighted by Gasteiger charge is -2.24. The van der Waals surface area contributed by atoms with Gasteiger partial charge in [0.1, 0.15) is 40.6 Å². The van der Waals surface area contributed by atoms with Gasteiger partial charge in [0.15, 0.2) is 0 Å². The Hall–Kier alpha value is -4.14. The molecule has 1 aromatic heterocycles. The number of para-hydroxylation sites is 1. The molecule has 4 rings (SSSR count). The Morgan fingerprint density at radius 1 is 1.09 bits per heavy atom. The summed E-state index contributed by atoms with van der Waals surface area (Å²) in [5, 5.41) is 9.92. The second-order valence-corrected chi connectivity index (χ2v) is 9.39. The van der Waals surface area contributed by atoms with Gasteiger partial charge in [-0.1, -0.05) is 18.2 Å². The van der Waals surface area contributed by atoms with E-state index in [9.17, 15) is 4.79 Å². The van der Waals surface area contributed by atoms with Crippen LogP contribution in [0.25, 0.3) is 0 Å². The van der Waals surface area contributed by atoms with Crippen molar-refractivity contribution in [2.45, 2.75) is 38.8 Å². The Labute approximate surface area is 204 Å². The minimum Gasteiger partial charge on any atom is -0.457 e. The summed E-state index contributed by atoms with van der Waals surface area (Å²) >= 11 is 0. The maximum absolute atomic E-state index is 12.4. The van der Waals surface area contributed by atoms with E-state index >= 15 is 0 Å². The summed E-state index contributed by atoms with van der Waals surface area (Å²) in [4.78, 5) is 22.6. The topological polar surface area (TPSA) is 128 Å². The first-order valence-electron chi connectivity index (χ1n) is 11.5. The lowest BCUT2D eigenvalue weighted by atomic mass is 10.0. The summed E-state index contributed by atoms with van der Waals surface area (Å²) in [6, 6.07) is 16.9. The normalized spacial score (nSPS) is 15.5.